The number of methoxy groups -OCH3 is 1. The van der Waals surface area contributed by atoms with Crippen molar-refractivity contribution in [2.45, 2.75) is 11.3 Å². The molecule has 0 saturated heterocycles. The molecule has 2 aromatic carbocycles. The minimum absolute atomic E-state index is 0.0295. The van der Waals surface area contributed by atoms with E-state index in [1.165, 1.54) is 11.8 Å². The summed E-state index contributed by atoms with van der Waals surface area (Å²) in [6.45, 7) is 0.355. The first-order valence-corrected chi connectivity index (χ1v) is 9.72. The Morgan fingerprint density at radius 2 is 1.93 bits per heavy atom. The molecule has 28 heavy (non-hydrogen) atoms. The third kappa shape index (κ3) is 3.55. The normalized spacial score (nSPS) is 15.3. The first-order valence-electron chi connectivity index (χ1n) is 8.74. The summed E-state index contributed by atoms with van der Waals surface area (Å²) in [4.78, 5) is 12.6. The number of rotatable bonds is 6. The summed E-state index contributed by atoms with van der Waals surface area (Å²) in [5.74, 6) is 2.83. The molecule has 0 spiro atoms. The number of aromatic nitrogens is 3. The summed E-state index contributed by atoms with van der Waals surface area (Å²) in [5, 5.41) is 9.10. The van der Waals surface area contributed by atoms with Crippen molar-refractivity contribution in [1.82, 2.24) is 14.8 Å². The zero-order valence-electron chi connectivity index (χ0n) is 15.5. The fraction of sp³-hybridized carbons (Fsp3) is 0.250. The lowest BCUT2D eigenvalue weighted by atomic mass is 10.1. The molecule has 0 radical (unpaired) electrons. The molecule has 3 aromatic rings. The number of ketones is 1. The average Bonchev–Trinajstić information content (AvgIpc) is 3.11. The van der Waals surface area contributed by atoms with Crippen molar-refractivity contribution in [1.29, 1.82) is 0 Å². The van der Waals surface area contributed by atoms with Gasteiger partial charge in [0, 0.05) is 7.05 Å². The standard InChI is InChI=1S/C20H19N3O4S/c1-23-19(18-11-26-16-9-5-6-10-17(16)27-18)21-22-20(23)28-12-14(24)13-7-3-4-8-15(13)25-2/h3-10,18H,11-12H2,1-2H3. The minimum atomic E-state index is -0.355. The summed E-state index contributed by atoms with van der Waals surface area (Å²) in [5.41, 5.74) is 0.556. The summed E-state index contributed by atoms with van der Waals surface area (Å²) in [6.07, 6.45) is -0.355. The molecule has 0 bridgehead atoms. The molecule has 2 heterocycles. The molecule has 8 heteroatoms. The number of benzene rings is 2. The van der Waals surface area contributed by atoms with Crippen LogP contribution in [0.15, 0.2) is 53.7 Å². The van der Waals surface area contributed by atoms with E-state index in [9.17, 15) is 4.79 Å². The zero-order chi connectivity index (χ0) is 19.5. The van der Waals surface area contributed by atoms with Crippen LogP contribution in [-0.4, -0.2) is 40.0 Å². The number of carbonyl (C=O) groups excluding carboxylic acids is 1. The van der Waals surface area contributed by atoms with Crippen molar-refractivity contribution in [3.8, 4) is 17.2 Å². The highest BCUT2D eigenvalue weighted by molar-refractivity contribution is 7.99. The van der Waals surface area contributed by atoms with Crippen molar-refractivity contribution in [2.75, 3.05) is 19.5 Å². The molecule has 1 atom stereocenters. The molecule has 0 aliphatic carbocycles. The Morgan fingerprint density at radius 1 is 1.18 bits per heavy atom. The van der Waals surface area contributed by atoms with Crippen molar-refractivity contribution in [3.63, 3.8) is 0 Å². The van der Waals surface area contributed by atoms with Gasteiger partial charge in [0.05, 0.1) is 18.4 Å². The zero-order valence-corrected chi connectivity index (χ0v) is 16.3. The summed E-state index contributed by atoms with van der Waals surface area (Å²) in [7, 11) is 3.41. The first kappa shape index (κ1) is 18.4. The number of thioether (sulfide) groups is 1. The van der Waals surface area contributed by atoms with Crippen LogP contribution in [-0.2, 0) is 7.05 Å². The summed E-state index contributed by atoms with van der Waals surface area (Å²) >= 11 is 1.33. The lowest BCUT2D eigenvalue weighted by Gasteiger charge is -2.25. The van der Waals surface area contributed by atoms with Gasteiger partial charge in [-0.2, -0.15) is 0 Å². The third-order valence-corrected chi connectivity index (χ3v) is 5.43. The minimum Gasteiger partial charge on any atom is -0.496 e. The number of carbonyl (C=O) groups is 1. The van der Waals surface area contributed by atoms with Gasteiger partial charge in [0.2, 0.25) is 0 Å². The predicted octanol–water partition coefficient (Wildman–Crippen LogP) is 3.31. The first-order chi connectivity index (χ1) is 13.7. The lowest BCUT2D eigenvalue weighted by Crippen LogP contribution is -2.24. The van der Waals surface area contributed by atoms with Crippen LogP contribution in [0.3, 0.4) is 0 Å². The second kappa shape index (κ2) is 7.93. The SMILES string of the molecule is COc1ccccc1C(=O)CSc1nnc(C2COc3ccccc3O2)n1C. The van der Waals surface area contributed by atoms with Gasteiger partial charge in [0.25, 0.3) is 0 Å². The molecule has 0 N–H and O–H groups in total. The Hall–Kier alpha value is -3.00. The molecular weight excluding hydrogens is 378 g/mol. The Kier molecular flexibility index (Phi) is 5.21. The van der Waals surface area contributed by atoms with Crippen LogP contribution in [0.5, 0.6) is 17.2 Å². The molecule has 0 amide bonds. The molecule has 1 aliphatic heterocycles. The van der Waals surface area contributed by atoms with Gasteiger partial charge in [-0.1, -0.05) is 36.0 Å². The largest absolute Gasteiger partial charge is 0.496 e. The number of nitrogens with zero attached hydrogens (tertiary/aromatic N) is 3. The van der Waals surface area contributed by atoms with Gasteiger partial charge >= 0.3 is 0 Å². The number of hydrogen-bond donors (Lipinski definition) is 0. The average molecular weight is 397 g/mol. The van der Waals surface area contributed by atoms with E-state index in [0.717, 1.165) is 5.75 Å². The fourth-order valence-corrected chi connectivity index (χ4v) is 3.76. The van der Waals surface area contributed by atoms with E-state index in [1.807, 2.05) is 48.0 Å². The molecule has 1 aliphatic rings. The van der Waals surface area contributed by atoms with Crippen LogP contribution < -0.4 is 14.2 Å². The highest BCUT2D eigenvalue weighted by atomic mass is 32.2. The predicted molar refractivity (Wildman–Crippen MR) is 104 cm³/mol. The molecule has 7 nitrogen and oxygen atoms in total. The van der Waals surface area contributed by atoms with E-state index in [1.54, 1.807) is 19.2 Å². The van der Waals surface area contributed by atoms with Crippen LogP contribution in [0.25, 0.3) is 0 Å². The molecule has 0 saturated carbocycles. The van der Waals surface area contributed by atoms with Gasteiger partial charge in [-0.3, -0.25) is 4.79 Å². The van der Waals surface area contributed by atoms with Crippen LogP contribution in [0.2, 0.25) is 0 Å². The Bertz CT molecular complexity index is 1000. The van der Waals surface area contributed by atoms with Crippen molar-refractivity contribution in [3.05, 3.63) is 59.9 Å². The Labute approximate surface area is 166 Å². The number of para-hydroxylation sites is 3. The van der Waals surface area contributed by atoms with E-state index < -0.39 is 0 Å². The van der Waals surface area contributed by atoms with Gasteiger partial charge < -0.3 is 18.8 Å². The summed E-state index contributed by atoms with van der Waals surface area (Å²) in [6, 6.07) is 14.7. The maximum absolute atomic E-state index is 12.6. The number of ether oxygens (including phenoxy) is 3. The van der Waals surface area contributed by atoms with E-state index in [-0.39, 0.29) is 17.6 Å². The molecule has 144 valence electrons. The quantitative estimate of drug-likeness (QED) is 0.467. The topological polar surface area (TPSA) is 75.5 Å². The number of hydrogen-bond acceptors (Lipinski definition) is 7. The third-order valence-electron chi connectivity index (χ3n) is 4.40. The van der Waals surface area contributed by atoms with E-state index in [2.05, 4.69) is 10.2 Å². The molecule has 0 fully saturated rings. The van der Waals surface area contributed by atoms with Gasteiger partial charge in [-0.15, -0.1) is 10.2 Å². The Balaban J connectivity index is 1.45. The van der Waals surface area contributed by atoms with E-state index in [4.69, 9.17) is 14.2 Å². The van der Waals surface area contributed by atoms with Crippen LogP contribution in [0.1, 0.15) is 22.3 Å². The van der Waals surface area contributed by atoms with Crippen molar-refractivity contribution < 1.29 is 19.0 Å². The highest BCUT2D eigenvalue weighted by Gasteiger charge is 2.27. The van der Waals surface area contributed by atoms with Gasteiger partial charge in [0.1, 0.15) is 12.4 Å². The molecule has 4 rings (SSSR count). The van der Waals surface area contributed by atoms with Gasteiger partial charge in [-0.25, -0.2) is 0 Å². The fourth-order valence-electron chi connectivity index (χ4n) is 2.96. The van der Waals surface area contributed by atoms with E-state index in [0.29, 0.717) is 34.7 Å². The second-order valence-corrected chi connectivity index (χ2v) is 7.12. The lowest BCUT2D eigenvalue weighted by molar-refractivity contribution is 0.0825. The van der Waals surface area contributed by atoms with Crippen LogP contribution in [0.4, 0.5) is 0 Å². The molecule has 1 unspecified atom stereocenters. The Morgan fingerprint density at radius 3 is 2.75 bits per heavy atom. The summed E-state index contributed by atoms with van der Waals surface area (Å²) < 4.78 is 18.8. The molecular formula is C20H19N3O4S. The van der Waals surface area contributed by atoms with E-state index >= 15 is 0 Å². The van der Waals surface area contributed by atoms with Gasteiger partial charge in [0.15, 0.2) is 34.4 Å². The van der Waals surface area contributed by atoms with Crippen molar-refractivity contribution >= 4 is 17.5 Å². The second-order valence-electron chi connectivity index (χ2n) is 6.18. The maximum Gasteiger partial charge on any atom is 0.192 e. The van der Waals surface area contributed by atoms with Crippen LogP contribution >= 0.6 is 11.8 Å². The number of Topliss-reactive ketones (excluding diaryl/α,β-unsaturated/α-hetero) is 1. The van der Waals surface area contributed by atoms with Gasteiger partial charge in [-0.05, 0) is 24.3 Å². The van der Waals surface area contributed by atoms with Crippen molar-refractivity contribution in [2.24, 2.45) is 7.05 Å². The number of fused-ring (bicyclic) bond motifs is 1. The smallest absolute Gasteiger partial charge is 0.192 e. The van der Waals surface area contributed by atoms with Crippen LogP contribution in [0, 0.1) is 0 Å². The monoisotopic (exact) mass is 397 g/mol. The molecule has 1 aromatic heterocycles. The highest BCUT2D eigenvalue weighted by Crippen LogP contribution is 2.35. The maximum atomic E-state index is 12.6.